The van der Waals surface area contributed by atoms with Crippen molar-refractivity contribution in [3.63, 3.8) is 0 Å². The fourth-order valence-electron chi connectivity index (χ4n) is 3.03. The van der Waals surface area contributed by atoms with Gasteiger partial charge >= 0.3 is 6.03 Å². The lowest BCUT2D eigenvalue weighted by molar-refractivity contribution is -0.126. The highest BCUT2D eigenvalue weighted by Gasteiger charge is 2.28. The van der Waals surface area contributed by atoms with Crippen LogP contribution in [0.4, 0.5) is 9.80 Å². The predicted molar refractivity (Wildman–Crippen MR) is 102 cm³/mol. The van der Waals surface area contributed by atoms with E-state index in [1.807, 2.05) is 41.8 Å². The highest BCUT2D eigenvalue weighted by molar-refractivity contribution is 7.14. The minimum atomic E-state index is -0.177. The first-order valence-corrected chi connectivity index (χ1v) is 9.54. The van der Waals surface area contributed by atoms with E-state index < -0.39 is 0 Å². The number of rotatable bonds is 5. The van der Waals surface area contributed by atoms with Crippen molar-refractivity contribution in [2.24, 2.45) is 5.92 Å². The van der Waals surface area contributed by atoms with Crippen LogP contribution in [0.1, 0.15) is 18.4 Å². The van der Waals surface area contributed by atoms with Crippen LogP contribution in [-0.2, 0) is 11.3 Å². The topological polar surface area (TPSA) is 70.7 Å². The van der Waals surface area contributed by atoms with Crippen molar-refractivity contribution in [3.05, 3.63) is 47.3 Å². The van der Waals surface area contributed by atoms with Crippen molar-refractivity contribution in [2.45, 2.75) is 19.4 Å². The molecule has 1 aromatic heterocycles. The molecule has 1 aliphatic heterocycles. The molecular formula is C19H23N3O3S. The van der Waals surface area contributed by atoms with Crippen molar-refractivity contribution in [2.75, 3.05) is 25.5 Å². The summed E-state index contributed by atoms with van der Waals surface area (Å²) in [5, 5.41) is 8.59. The quantitative estimate of drug-likeness (QED) is 0.845. The first-order chi connectivity index (χ1) is 12.7. The normalized spacial score (nSPS) is 16.8. The molecule has 3 rings (SSSR count). The van der Waals surface area contributed by atoms with Gasteiger partial charge in [0.25, 0.3) is 0 Å². The van der Waals surface area contributed by atoms with Crippen LogP contribution >= 0.6 is 11.3 Å². The number of amides is 3. The van der Waals surface area contributed by atoms with Crippen LogP contribution in [0.2, 0.25) is 0 Å². The Morgan fingerprint density at radius 2 is 2.19 bits per heavy atom. The molecule has 2 N–H and O–H groups in total. The second-order valence-electron chi connectivity index (χ2n) is 6.26. The predicted octanol–water partition coefficient (Wildman–Crippen LogP) is 3.32. The van der Waals surface area contributed by atoms with Crippen molar-refractivity contribution in [3.8, 4) is 5.75 Å². The summed E-state index contributed by atoms with van der Waals surface area (Å²) >= 11 is 1.48. The molecule has 26 heavy (non-hydrogen) atoms. The first kappa shape index (κ1) is 18.3. The molecule has 3 amide bonds. The van der Waals surface area contributed by atoms with Gasteiger partial charge in [-0.2, -0.15) is 0 Å². The van der Waals surface area contributed by atoms with Crippen molar-refractivity contribution >= 4 is 28.3 Å². The number of nitrogens with one attached hydrogen (secondary N) is 2. The fraction of sp³-hybridized carbons (Fsp3) is 0.368. The number of thiophene rings is 1. The number of nitrogens with zero attached hydrogens (tertiary/aromatic N) is 1. The van der Waals surface area contributed by atoms with Gasteiger partial charge in [0.1, 0.15) is 5.75 Å². The number of carbonyl (C=O) groups is 2. The Morgan fingerprint density at radius 3 is 2.96 bits per heavy atom. The molecule has 7 heteroatoms. The standard InChI is InChI=1S/C19H23N3O3S/c1-25-16-7-2-5-14(11-16)12-20-18(23)15-6-3-9-22(13-15)19(24)21-17-8-4-10-26-17/h2,4-5,7-8,10-11,15H,3,6,9,12-13H2,1H3,(H,20,23)(H,21,24). The molecule has 1 saturated heterocycles. The number of anilines is 1. The van der Waals surface area contributed by atoms with Gasteiger partial charge in [-0.15, -0.1) is 11.3 Å². The Bertz CT molecular complexity index is 748. The monoisotopic (exact) mass is 373 g/mol. The van der Waals surface area contributed by atoms with E-state index in [1.54, 1.807) is 12.0 Å². The van der Waals surface area contributed by atoms with Gasteiger partial charge in [-0.3, -0.25) is 10.1 Å². The van der Waals surface area contributed by atoms with Gasteiger partial charge in [-0.1, -0.05) is 12.1 Å². The summed E-state index contributed by atoms with van der Waals surface area (Å²) in [7, 11) is 1.62. The molecule has 1 aliphatic rings. The van der Waals surface area contributed by atoms with Gasteiger partial charge in [-0.25, -0.2) is 4.79 Å². The Labute approximate surface area is 157 Å². The molecule has 0 saturated carbocycles. The summed E-state index contributed by atoms with van der Waals surface area (Å²) in [5.74, 6) is 0.579. The van der Waals surface area contributed by atoms with Gasteiger partial charge in [-0.05, 0) is 48.1 Å². The van der Waals surface area contributed by atoms with Crippen LogP contribution in [0.25, 0.3) is 0 Å². The van der Waals surface area contributed by atoms with Crippen LogP contribution in [0.5, 0.6) is 5.75 Å². The lowest BCUT2D eigenvalue weighted by atomic mass is 9.97. The SMILES string of the molecule is COc1cccc(CNC(=O)C2CCCN(C(=O)Nc3cccs3)C2)c1. The first-order valence-electron chi connectivity index (χ1n) is 8.66. The summed E-state index contributed by atoms with van der Waals surface area (Å²) in [4.78, 5) is 26.6. The minimum absolute atomic E-state index is 0.0126. The van der Waals surface area contributed by atoms with E-state index in [0.29, 0.717) is 19.6 Å². The van der Waals surface area contributed by atoms with Crippen molar-refractivity contribution in [1.29, 1.82) is 0 Å². The molecule has 2 aromatic rings. The Balaban J connectivity index is 1.51. The maximum atomic E-state index is 12.5. The van der Waals surface area contributed by atoms with E-state index in [9.17, 15) is 9.59 Å². The summed E-state index contributed by atoms with van der Waals surface area (Å²) in [6.45, 7) is 1.58. The average molecular weight is 373 g/mol. The average Bonchev–Trinajstić information content (AvgIpc) is 3.19. The lowest BCUT2D eigenvalue weighted by Crippen LogP contribution is -2.46. The number of likely N-dealkylation sites (tertiary alicyclic amines) is 1. The number of urea groups is 1. The molecule has 1 fully saturated rings. The molecule has 0 radical (unpaired) electrons. The van der Waals surface area contributed by atoms with Crippen LogP contribution in [-0.4, -0.2) is 37.0 Å². The van der Waals surface area contributed by atoms with Gasteiger partial charge in [0, 0.05) is 19.6 Å². The zero-order valence-corrected chi connectivity index (χ0v) is 15.6. The molecule has 138 valence electrons. The molecule has 2 heterocycles. The zero-order chi connectivity index (χ0) is 18.4. The Hall–Kier alpha value is -2.54. The second kappa shape index (κ2) is 8.71. The third kappa shape index (κ3) is 4.76. The van der Waals surface area contributed by atoms with E-state index >= 15 is 0 Å². The number of benzene rings is 1. The van der Waals surface area contributed by atoms with Crippen LogP contribution in [0.3, 0.4) is 0 Å². The molecule has 1 unspecified atom stereocenters. The van der Waals surface area contributed by atoms with Crippen LogP contribution < -0.4 is 15.4 Å². The number of carbonyl (C=O) groups excluding carboxylic acids is 2. The maximum absolute atomic E-state index is 12.5. The molecular weight excluding hydrogens is 350 g/mol. The van der Waals surface area contributed by atoms with E-state index in [2.05, 4.69) is 10.6 Å². The third-order valence-electron chi connectivity index (χ3n) is 4.43. The maximum Gasteiger partial charge on any atom is 0.322 e. The Kier molecular flexibility index (Phi) is 6.12. The van der Waals surface area contributed by atoms with Gasteiger partial charge in [0.05, 0.1) is 18.0 Å². The second-order valence-corrected chi connectivity index (χ2v) is 7.21. The Morgan fingerprint density at radius 1 is 1.31 bits per heavy atom. The van der Waals surface area contributed by atoms with E-state index in [-0.39, 0.29) is 17.9 Å². The van der Waals surface area contributed by atoms with E-state index in [4.69, 9.17) is 4.74 Å². The summed E-state index contributed by atoms with van der Waals surface area (Å²) in [5.41, 5.74) is 0.987. The summed E-state index contributed by atoms with van der Waals surface area (Å²) < 4.78 is 5.20. The van der Waals surface area contributed by atoms with E-state index in [0.717, 1.165) is 29.2 Å². The smallest absolute Gasteiger partial charge is 0.322 e. The van der Waals surface area contributed by atoms with Crippen molar-refractivity contribution in [1.82, 2.24) is 10.2 Å². The highest BCUT2D eigenvalue weighted by atomic mass is 32.1. The minimum Gasteiger partial charge on any atom is -0.497 e. The highest BCUT2D eigenvalue weighted by Crippen LogP contribution is 2.20. The number of ether oxygens (including phenoxy) is 1. The van der Waals surface area contributed by atoms with Gasteiger partial charge < -0.3 is 15.0 Å². The summed E-state index contributed by atoms with van der Waals surface area (Å²) in [6, 6.07) is 11.2. The molecule has 6 nitrogen and oxygen atoms in total. The molecule has 1 aromatic carbocycles. The zero-order valence-electron chi connectivity index (χ0n) is 14.7. The molecule has 0 spiro atoms. The van der Waals surface area contributed by atoms with Gasteiger partial charge in [0.15, 0.2) is 0 Å². The van der Waals surface area contributed by atoms with Crippen LogP contribution in [0, 0.1) is 5.92 Å². The largest absolute Gasteiger partial charge is 0.497 e. The fourth-order valence-corrected chi connectivity index (χ4v) is 3.63. The molecule has 0 bridgehead atoms. The number of piperidine rings is 1. The van der Waals surface area contributed by atoms with Gasteiger partial charge in [0.2, 0.25) is 5.91 Å². The third-order valence-corrected chi connectivity index (χ3v) is 5.22. The van der Waals surface area contributed by atoms with Crippen molar-refractivity contribution < 1.29 is 14.3 Å². The van der Waals surface area contributed by atoms with E-state index in [1.165, 1.54) is 11.3 Å². The molecule has 1 atom stereocenters. The number of methoxy groups -OCH3 is 1. The number of hydrogen-bond donors (Lipinski definition) is 2. The number of hydrogen-bond acceptors (Lipinski definition) is 4. The summed E-state index contributed by atoms with van der Waals surface area (Å²) in [6.07, 6.45) is 1.63. The lowest BCUT2D eigenvalue weighted by Gasteiger charge is -2.31. The molecule has 0 aliphatic carbocycles. The van der Waals surface area contributed by atoms with Crippen LogP contribution in [0.15, 0.2) is 41.8 Å².